The quantitative estimate of drug-likeness (QED) is 0.0974. The highest BCUT2D eigenvalue weighted by atomic mass is 14.9. The van der Waals surface area contributed by atoms with Crippen LogP contribution >= 0.6 is 0 Å². The molecule has 0 unspecified atom stereocenters. The van der Waals surface area contributed by atoms with Gasteiger partial charge in [-0.15, -0.1) is 0 Å². The van der Waals surface area contributed by atoms with Crippen LogP contribution in [0.3, 0.4) is 0 Å². The maximum Gasteiger partial charge on any atom is 0.160 e. The van der Waals surface area contributed by atoms with Gasteiger partial charge in [-0.1, -0.05) is 205 Å². The summed E-state index contributed by atoms with van der Waals surface area (Å²) in [6, 6.07) is 63.7. The van der Waals surface area contributed by atoms with Crippen molar-refractivity contribution in [3.05, 3.63) is 251 Å². The van der Waals surface area contributed by atoms with Crippen molar-refractivity contribution in [1.29, 1.82) is 0 Å². The van der Waals surface area contributed by atoms with Crippen LogP contribution in [0.25, 0.3) is 44.4 Å². The fourth-order valence-corrected chi connectivity index (χ4v) is 7.45. The van der Waals surface area contributed by atoms with Crippen molar-refractivity contribution in [2.45, 2.75) is 41.5 Å². The average Bonchev–Trinajstić information content (AvgIpc) is 3.31. The molecule has 0 saturated heterocycles. The minimum atomic E-state index is 0.618. The molecule has 0 aliphatic carbocycles. The van der Waals surface area contributed by atoms with Crippen molar-refractivity contribution in [3.63, 3.8) is 0 Å². The molecule has 8 aromatic rings. The van der Waals surface area contributed by atoms with E-state index in [1.165, 1.54) is 27.6 Å². The van der Waals surface area contributed by atoms with Gasteiger partial charge >= 0.3 is 0 Å². The first kappa shape index (κ1) is 42.9. The zero-order valence-corrected chi connectivity index (χ0v) is 37.5. The molecule has 0 atom stereocenters. The van der Waals surface area contributed by atoms with E-state index in [1.807, 2.05) is 13.8 Å². The van der Waals surface area contributed by atoms with Gasteiger partial charge in [-0.3, -0.25) is 0 Å². The Bertz CT molecular complexity index is 2900. The molecule has 4 heteroatoms. The lowest BCUT2D eigenvalue weighted by molar-refractivity contribution is 1.41. The third-order valence-corrected chi connectivity index (χ3v) is 11.5. The highest BCUT2D eigenvalue weighted by Gasteiger charge is 2.12. The first-order valence-corrected chi connectivity index (χ1v) is 21.7. The van der Waals surface area contributed by atoms with Crippen molar-refractivity contribution in [2.24, 2.45) is 20.0 Å². The van der Waals surface area contributed by atoms with E-state index in [2.05, 4.69) is 223 Å². The molecule has 0 fully saturated rings. The van der Waals surface area contributed by atoms with E-state index in [-0.39, 0.29) is 0 Å². The Hall–Kier alpha value is -7.82. The highest BCUT2D eigenvalue weighted by Crippen LogP contribution is 2.30. The van der Waals surface area contributed by atoms with Gasteiger partial charge in [0.25, 0.3) is 0 Å². The molecule has 0 saturated carbocycles. The number of benzene rings is 8. The molecule has 0 aromatic heterocycles. The molecule has 64 heavy (non-hydrogen) atoms. The predicted octanol–water partition coefficient (Wildman–Crippen LogP) is 15.3. The normalized spacial score (nSPS) is 12.4. The van der Waals surface area contributed by atoms with E-state index in [0.29, 0.717) is 23.1 Å². The van der Waals surface area contributed by atoms with Gasteiger partial charge in [-0.2, -0.15) is 0 Å². The lowest BCUT2D eigenvalue weighted by atomic mass is 9.96. The van der Waals surface area contributed by atoms with Gasteiger partial charge in [0.15, 0.2) is 11.7 Å². The Morgan fingerprint density at radius 2 is 0.578 bits per heavy atom. The van der Waals surface area contributed by atoms with E-state index in [1.54, 1.807) is 0 Å². The zero-order valence-electron chi connectivity index (χ0n) is 37.5. The second-order valence-electron chi connectivity index (χ2n) is 16.6. The van der Waals surface area contributed by atoms with Gasteiger partial charge in [0.2, 0.25) is 0 Å². The van der Waals surface area contributed by atoms with Crippen LogP contribution in [0.15, 0.2) is 215 Å². The van der Waals surface area contributed by atoms with Gasteiger partial charge in [0.1, 0.15) is 0 Å². The molecule has 4 nitrogen and oxygen atoms in total. The topological polar surface area (TPSA) is 49.4 Å². The first-order chi connectivity index (χ1) is 30.9. The Kier molecular flexibility index (Phi) is 12.8. The van der Waals surface area contributed by atoms with Crippen LogP contribution in [0.5, 0.6) is 0 Å². The molecule has 0 aliphatic rings. The summed E-state index contributed by atoms with van der Waals surface area (Å²) in [5.41, 5.74) is 18.2. The van der Waals surface area contributed by atoms with Crippen LogP contribution in [0, 0.1) is 27.7 Å². The van der Waals surface area contributed by atoms with Gasteiger partial charge < -0.3 is 0 Å². The average molecular weight is 829 g/mol. The third kappa shape index (κ3) is 10.3. The van der Waals surface area contributed by atoms with E-state index < -0.39 is 0 Å². The number of rotatable bonds is 10. The molecular formula is C60H52N4. The number of aryl methyl sites for hydroxylation is 4. The molecule has 8 rings (SSSR count). The van der Waals surface area contributed by atoms with E-state index >= 15 is 0 Å². The summed E-state index contributed by atoms with van der Waals surface area (Å²) in [7, 11) is 0. The molecule has 312 valence electrons. The number of amidine groups is 2. The van der Waals surface area contributed by atoms with Gasteiger partial charge in [-0.05, 0) is 109 Å². The summed E-state index contributed by atoms with van der Waals surface area (Å²) >= 11 is 0. The number of nitrogens with zero attached hydrogens (tertiary/aromatic N) is 4. The smallest absolute Gasteiger partial charge is 0.160 e. The van der Waals surface area contributed by atoms with Gasteiger partial charge in [0, 0.05) is 22.6 Å². The maximum atomic E-state index is 5.07. The minimum absolute atomic E-state index is 0.618. The SMILES string of the molecule is C=C(N=C(N=C(C)c1ccc(C)cc1)c1ccc(-c2ccc3ccc(-c4ccc(C(N=C(C)c5ccc(C)cc5)=NC(=C)c5ccc(C)cc5)cc4)cc3c2)cc1)c1ccc(C)cc1. The lowest BCUT2D eigenvalue weighted by Gasteiger charge is -2.11. The molecule has 0 heterocycles. The molecule has 0 aliphatic heterocycles. The summed E-state index contributed by atoms with van der Waals surface area (Å²) in [5.74, 6) is 1.24. The Morgan fingerprint density at radius 1 is 0.297 bits per heavy atom. The molecule has 0 radical (unpaired) electrons. The number of aliphatic imine (C=N–C) groups is 4. The lowest BCUT2D eigenvalue weighted by Crippen LogP contribution is -2.04. The second kappa shape index (κ2) is 19.1. The Balaban J connectivity index is 1.08. The summed E-state index contributed by atoms with van der Waals surface area (Å²) in [6.07, 6.45) is 0. The Morgan fingerprint density at radius 3 is 0.906 bits per heavy atom. The Labute approximate surface area is 378 Å². The molecule has 8 aromatic carbocycles. The zero-order chi connectivity index (χ0) is 44.7. The van der Waals surface area contributed by atoms with Crippen LogP contribution in [-0.4, -0.2) is 23.1 Å². The van der Waals surface area contributed by atoms with E-state index in [0.717, 1.165) is 72.4 Å². The standard InChI is InChI=1S/C60H52N4/c1-39-9-17-47(18-10-39)43(5)61-59(62-44(6)48-19-11-40(2)12-20-48)54-31-25-51(26-32-54)56-35-29-53-30-36-57(38-58(53)37-56)52-27-33-55(34-28-52)60(63-45(7)49-21-13-41(3)14-22-49)64-46(8)50-23-15-42(4)16-24-50/h9-38H,5,7H2,1-4,6,8H3. The highest BCUT2D eigenvalue weighted by molar-refractivity contribution is 6.14. The van der Waals surface area contributed by atoms with Crippen LogP contribution < -0.4 is 0 Å². The van der Waals surface area contributed by atoms with Gasteiger partial charge in [-0.25, -0.2) is 20.0 Å². The second-order valence-corrected chi connectivity index (χ2v) is 16.6. The maximum absolute atomic E-state index is 5.07. The number of hydrogen-bond donors (Lipinski definition) is 0. The number of hydrogen-bond acceptors (Lipinski definition) is 2. The monoisotopic (exact) mass is 828 g/mol. The summed E-state index contributed by atoms with van der Waals surface area (Å²) in [4.78, 5) is 20.1. The molecule has 0 N–H and O–H groups in total. The van der Waals surface area contributed by atoms with Crippen LogP contribution in [0.2, 0.25) is 0 Å². The fraction of sp³-hybridized carbons (Fsp3) is 0.100. The van der Waals surface area contributed by atoms with Crippen LogP contribution in [0.4, 0.5) is 0 Å². The predicted molar refractivity (Wildman–Crippen MR) is 275 cm³/mol. The van der Waals surface area contributed by atoms with Crippen molar-refractivity contribution >= 4 is 45.3 Å². The van der Waals surface area contributed by atoms with Crippen molar-refractivity contribution in [3.8, 4) is 22.3 Å². The molecule has 0 amide bonds. The first-order valence-electron chi connectivity index (χ1n) is 21.7. The summed E-state index contributed by atoms with van der Waals surface area (Å²) in [5, 5.41) is 2.34. The van der Waals surface area contributed by atoms with Crippen LogP contribution in [-0.2, 0) is 0 Å². The van der Waals surface area contributed by atoms with Gasteiger partial charge in [0.05, 0.1) is 11.4 Å². The molecule has 0 bridgehead atoms. The van der Waals surface area contributed by atoms with Crippen molar-refractivity contribution in [1.82, 2.24) is 0 Å². The minimum Gasteiger partial charge on any atom is -0.233 e. The molecule has 0 spiro atoms. The summed E-state index contributed by atoms with van der Waals surface area (Å²) in [6.45, 7) is 21.0. The van der Waals surface area contributed by atoms with E-state index in [4.69, 9.17) is 20.0 Å². The van der Waals surface area contributed by atoms with Crippen molar-refractivity contribution in [2.75, 3.05) is 0 Å². The van der Waals surface area contributed by atoms with Crippen molar-refractivity contribution < 1.29 is 0 Å². The summed E-state index contributed by atoms with van der Waals surface area (Å²) < 4.78 is 0. The number of fused-ring (bicyclic) bond motifs is 1. The van der Waals surface area contributed by atoms with E-state index in [9.17, 15) is 0 Å². The third-order valence-electron chi connectivity index (χ3n) is 11.5. The fourth-order valence-electron chi connectivity index (χ4n) is 7.45. The largest absolute Gasteiger partial charge is 0.233 e. The molecular weight excluding hydrogens is 777 g/mol. The van der Waals surface area contributed by atoms with Crippen LogP contribution in [0.1, 0.15) is 69.5 Å².